The van der Waals surface area contributed by atoms with Gasteiger partial charge >= 0.3 is 0 Å². The molecule has 0 amide bonds. The molecule has 0 bridgehead atoms. The van der Waals surface area contributed by atoms with Gasteiger partial charge in [0.25, 0.3) is 0 Å². The number of hydrogen-bond donors (Lipinski definition) is 1. The maximum Gasteiger partial charge on any atom is 0.112 e. The molecule has 0 aromatic carbocycles. The van der Waals surface area contributed by atoms with Gasteiger partial charge in [0, 0.05) is 25.7 Å². The van der Waals surface area contributed by atoms with Crippen LogP contribution in [0.3, 0.4) is 0 Å². The molecule has 2 aliphatic rings. The smallest absolute Gasteiger partial charge is 0.112 e. The fourth-order valence-electron chi connectivity index (χ4n) is 3.23. The summed E-state index contributed by atoms with van der Waals surface area (Å²) in [6, 6.07) is 0.409. The first-order chi connectivity index (χ1) is 8.15. The van der Waals surface area contributed by atoms with E-state index in [9.17, 15) is 0 Å². The minimum atomic E-state index is 0. The van der Waals surface area contributed by atoms with Crippen molar-refractivity contribution in [3.05, 3.63) is 20.3 Å². The van der Waals surface area contributed by atoms with E-state index < -0.39 is 0 Å². The maximum absolute atomic E-state index is 6.16. The van der Waals surface area contributed by atoms with Gasteiger partial charge in [-0.2, -0.15) is 0 Å². The lowest BCUT2D eigenvalue weighted by Gasteiger charge is -2.17. The fourth-order valence-corrected chi connectivity index (χ4v) is 4.47. The molecule has 0 spiro atoms. The molecule has 0 radical (unpaired) electrons. The maximum atomic E-state index is 6.16. The van der Waals surface area contributed by atoms with E-state index in [4.69, 9.17) is 28.9 Å². The molecule has 3 unspecified atom stereocenters. The first-order valence-corrected chi connectivity index (χ1v) is 7.68. The van der Waals surface area contributed by atoms with Gasteiger partial charge in [0.1, 0.15) is 4.34 Å². The zero-order valence-electron chi connectivity index (χ0n) is 9.94. The van der Waals surface area contributed by atoms with Gasteiger partial charge in [-0.25, -0.2) is 0 Å². The van der Waals surface area contributed by atoms with Crippen LogP contribution >= 0.6 is 46.9 Å². The molecule has 2 N–H and O–H groups in total. The first kappa shape index (κ1) is 14.9. The van der Waals surface area contributed by atoms with E-state index in [0.717, 1.165) is 29.6 Å². The second-order valence-electron chi connectivity index (χ2n) is 5.21. The van der Waals surface area contributed by atoms with Gasteiger partial charge < -0.3 is 5.73 Å². The van der Waals surface area contributed by atoms with Crippen molar-refractivity contribution >= 4 is 46.9 Å². The predicted molar refractivity (Wildman–Crippen MR) is 81.1 cm³/mol. The second-order valence-corrected chi connectivity index (χ2v) is 7.07. The largest absolute Gasteiger partial charge is 0.327 e. The summed E-state index contributed by atoms with van der Waals surface area (Å²) in [5.41, 5.74) is 7.30. The van der Waals surface area contributed by atoms with Gasteiger partial charge in [-0.05, 0) is 35.6 Å². The Morgan fingerprint density at radius 3 is 2.72 bits per heavy atom. The number of likely N-dealkylation sites (tertiary alicyclic amines) is 1. The van der Waals surface area contributed by atoms with Crippen molar-refractivity contribution in [3.63, 3.8) is 0 Å². The molecule has 102 valence electrons. The summed E-state index contributed by atoms with van der Waals surface area (Å²) in [5.74, 6) is 1.50. The molecule has 2 nitrogen and oxygen atoms in total. The van der Waals surface area contributed by atoms with Gasteiger partial charge in [-0.15, -0.1) is 23.7 Å². The van der Waals surface area contributed by atoms with E-state index in [1.165, 1.54) is 30.7 Å². The summed E-state index contributed by atoms with van der Waals surface area (Å²) in [7, 11) is 0. The Hall–Kier alpha value is 0.490. The van der Waals surface area contributed by atoms with Crippen LogP contribution in [0.15, 0.2) is 5.38 Å². The zero-order chi connectivity index (χ0) is 12.0. The van der Waals surface area contributed by atoms with Gasteiger partial charge in [-0.3, -0.25) is 4.90 Å². The molecule has 3 rings (SSSR count). The third kappa shape index (κ3) is 2.67. The van der Waals surface area contributed by atoms with E-state index >= 15 is 0 Å². The number of hydrogen-bond acceptors (Lipinski definition) is 3. The summed E-state index contributed by atoms with van der Waals surface area (Å²) < 4.78 is 0.706. The molecule has 2 heterocycles. The highest BCUT2D eigenvalue weighted by Gasteiger charge is 2.40. The van der Waals surface area contributed by atoms with E-state index in [-0.39, 0.29) is 12.4 Å². The number of thiophene rings is 1. The van der Waals surface area contributed by atoms with E-state index in [2.05, 4.69) is 10.3 Å². The quantitative estimate of drug-likeness (QED) is 0.898. The Labute approximate surface area is 128 Å². The van der Waals surface area contributed by atoms with Gasteiger partial charge in [0.2, 0.25) is 0 Å². The Bertz CT molecular complexity index is 423. The Balaban J connectivity index is 0.00000120. The lowest BCUT2D eigenvalue weighted by atomic mass is 9.98. The lowest BCUT2D eigenvalue weighted by molar-refractivity contribution is 0.298. The number of fused-ring (bicyclic) bond motifs is 1. The molecular weight excluding hydrogens is 311 g/mol. The van der Waals surface area contributed by atoms with E-state index in [0.29, 0.717) is 16.3 Å². The fraction of sp³-hybridized carbons (Fsp3) is 0.667. The molecule has 1 aliphatic heterocycles. The molecule has 3 atom stereocenters. The third-order valence-corrected chi connectivity index (χ3v) is 6.05. The van der Waals surface area contributed by atoms with Crippen LogP contribution in [0.2, 0.25) is 9.36 Å². The van der Waals surface area contributed by atoms with Crippen molar-refractivity contribution in [2.24, 2.45) is 17.6 Å². The summed E-state index contributed by atoms with van der Waals surface area (Å²) in [4.78, 5) is 2.47. The van der Waals surface area contributed by atoms with E-state index in [1.807, 2.05) is 0 Å². The molecule has 1 aromatic rings. The van der Waals surface area contributed by atoms with Gasteiger partial charge in [0.15, 0.2) is 0 Å². The topological polar surface area (TPSA) is 29.3 Å². The monoisotopic (exact) mass is 326 g/mol. The normalized spacial score (nSPS) is 31.4. The number of halogens is 3. The van der Waals surface area contributed by atoms with Crippen molar-refractivity contribution in [2.75, 3.05) is 13.1 Å². The molecule has 1 aliphatic carbocycles. The Morgan fingerprint density at radius 2 is 2.11 bits per heavy atom. The van der Waals surface area contributed by atoms with Crippen LogP contribution in [0.25, 0.3) is 0 Å². The van der Waals surface area contributed by atoms with Crippen molar-refractivity contribution in [3.8, 4) is 0 Å². The Kier molecular flexibility index (Phi) is 4.85. The molecule has 6 heteroatoms. The molecule has 1 saturated heterocycles. The highest BCUT2D eigenvalue weighted by Crippen LogP contribution is 2.39. The highest BCUT2D eigenvalue weighted by atomic mass is 35.5. The Morgan fingerprint density at radius 1 is 1.33 bits per heavy atom. The van der Waals surface area contributed by atoms with Crippen LogP contribution in [0.1, 0.15) is 18.4 Å². The minimum absolute atomic E-state index is 0. The summed E-state index contributed by atoms with van der Waals surface area (Å²) >= 11 is 13.7. The average molecular weight is 328 g/mol. The lowest BCUT2D eigenvalue weighted by Crippen LogP contribution is -2.30. The minimum Gasteiger partial charge on any atom is -0.327 e. The SMILES string of the molecule is Cl.NC1CCC2CN(Cc3csc(Cl)c3Cl)CC12. The predicted octanol–water partition coefficient (Wildman–Crippen LogP) is 3.65. The van der Waals surface area contributed by atoms with Crippen LogP contribution in [-0.2, 0) is 6.54 Å². The summed E-state index contributed by atoms with van der Waals surface area (Å²) in [5, 5.41) is 2.80. The van der Waals surface area contributed by atoms with Crippen molar-refractivity contribution < 1.29 is 0 Å². The molecule has 1 saturated carbocycles. The van der Waals surface area contributed by atoms with Crippen molar-refractivity contribution in [1.29, 1.82) is 0 Å². The summed E-state index contributed by atoms with van der Waals surface area (Å²) in [6.45, 7) is 3.21. The van der Waals surface area contributed by atoms with Crippen LogP contribution in [0.4, 0.5) is 0 Å². The van der Waals surface area contributed by atoms with Crippen LogP contribution in [-0.4, -0.2) is 24.0 Å². The molecular formula is C12H17Cl3N2S. The molecule has 2 fully saturated rings. The number of nitrogens with two attached hydrogens (primary N) is 1. The van der Waals surface area contributed by atoms with Crippen LogP contribution < -0.4 is 5.73 Å². The second kappa shape index (κ2) is 5.86. The standard InChI is InChI=1S/C12H16Cl2N2S.ClH/c13-11-8(6-17-12(11)14)4-16-3-7-1-2-10(15)9(7)5-16;/h6-7,9-10H,1-5,15H2;1H. The molecule has 18 heavy (non-hydrogen) atoms. The van der Waals surface area contributed by atoms with Crippen molar-refractivity contribution in [2.45, 2.75) is 25.4 Å². The van der Waals surface area contributed by atoms with Gasteiger partial charge in [-0.1, -0.05) is 23.2 Å². The highest BCUT2D eigenvalue weighted by molar-refractivity contribution is 7.15. The van der Waals surface area contributed by atoms with Crippen LogP contribution in [0, 0.1) is 11.8 Å². The number of nitrogens with zero attached hydrogens (tertiary/aromatic N) is 1. The average Bonchev–Trinajstić information content (AvgIpc) is 2.93. The summed E-state index contributed by atoms with van der Waals surface area (Å²) in [6.07, 6.45) is 2.49. The zero-order valence-corrected chi connectivity index (χ0v) is 13.1. The van der Waals surface area contributed by atoms with Crippen molar-refractivity contribution in [1.82, 2.24) is 4.90 Å². The number of rotatable bonds is 2. The third-order valence-electron chi connectivity index (χ3n) is 4.14. The first-order valence-electron chi connectivity index (χ1n) is 6.04. The van der Waals surface area contributed by atoms with E-state index in [1.54, 1.807) is 0 Å². The van der Waals surface area contributed by atoms with Crippen LogP contribution in [0.5, 0.6) is 0 Å². The molecule has 1 aromatic heterocycles. The van der Waals surface area contributed by atoms with Gasteiger partial charge in [0.05, 0.1) is 5.02 Å².